The number of carbonyl (C=O) groups excluding carboxylic acids is 1. The van der Waals surface area contributed by atoms with Gasteiger partial charge in [0.15, 0.2) is 0 Å². The number of nitrogens with zero attached hydrogens (tertiary/aromatic N) is 1. The Labute approximate surface area is 86.1 Å². The third-order valence-corrected chi connectivity index (χ3v) is 1.53. The normalized spacial score (nSPS) is 9.00. The van der Waals surface area contributed by atoms with E-state index in [2.05, 4.69) is 16.2 Å². The Kier molecular flexibility index (Phi) is 3.41. The topological polar surface area (TPSA) is 79.3 Å². The van der Waals surface area contributed by atoms with Crippen molar-refractivity contribution in [1.82, 2.24) is 4.98 Å². The number of amides is 1. The summed E-state index contributed by atoms with van der Waals surface area (Å²) in [7, 11) is 0. The molecule has 0 saturated heterocycles. The predicted molar refractivity (Wildman–Crippen MR) is 53.3 cm³/mol. The zero-order valence-electron chi connectivity index (χ0n) is 7.73. The first kappa shape index (κ1) is 10.7. The van der Waals surface area contributed by atoms with Crippen LogP contribution >= 0.6 is 0 Å². The molecule has 0 aromatic carbocycles. The first-order valence-electron chi connectivity index (χ1n) is 4.06. The summed E-state index contributed by atoms with van der Waals surface area (Å²) in [5.41, 5.74) is 0.233. The smallest absolute Gasteiger partial charge is 0.354 e. The highest BCUT2D eigenvalue weighted by molar-refractivity contribution is 5.93. The molecule has 0 aliphatic carbocycles. The van der Waals surface area contributed by atoms with Gasteiger partial charge < -0.3 is 10.4 Å². The minimum absolute atomic E-state index is 0.0509. The first-order valence-corrected chi connectivity index (χ1v) is 4.06. The minimum Gasteiger partial charge on any atom is -0.477 e. The average molecular weight is 204 g/mol. The van der Waals surface area contributed by atoms with Gasteiger partial charge in [-0.15, -0.1) is 6.42 Å². The number of hydrogen-bond acceptors (Lipinski definition) is 3. The van der Waals surface area contributed by atoms with E-state index in [1.807, 2.05) is 0 Å². The molecule has 0 aliphatic heterocycles. The Bertz CT molecular complexity index is 435. The van der Waals surface area contributed by atoms with Crippen LogP contribution in [0.5, 0.6) is 0 Å². The number of carboxylic acids is 1. The number of hydrogen-bond donors (Lipinski definition) is 2. The van der Waals surface area contributed by atoms with Gasteiger partial charge in [0, 0.05) is 11.9 Å². The molecule has 0 atom stereocenters. The van der Waals surface area contributed by atoms with Crippen molar-refractivity contribution in [2.45, 2.75) is 6.42 Å². The van der Waals surface area contributed by atoms with Crippen molar-refractivity contribution in [3.8, 4) is 12.3 Å². The van der Waals surface area contributed by atoms with Crippen molar-refractivity contribution in [3.63, 3.8) is 0 Å². The molecule has 5 heteroatoms. The maximum atomic E-state index is 11.1. The van der Waals surface area contributed by atoms with E-state index in [1.54, 1.807) is 0 Å². The van der Waals surface area contributed by atoms with Crippen LogP contribution in [-0.4, -0.2) is 22.0 Å². The number of rotatable bonds is 3. The second-order valence-corrected chi connectivity index (χ2v) is 2.66. The Balaban J connectivity index is 2.79. The summed E-state index contributed by atoms with van der Waals surface area (Å²) < 4.78 is 0. The van der Waals surface area contributed by atoms with Gasteiger partial charge in [-0.2, -0.15) is 0 Å². The lowest BCUT2D eigenvalue weighted by molar-refractivity contribution is -0.115. The Hall–Kier alpha value is -2.35. The molecular formula is C10H8N2O3. The molecule has 1 aromatic rings. The van der Waals surface area contributed by atoms with Crippen LogP contribution in [-0.2, 0) is 4.79 Å². The largest absolute Gasteiger partial charge is 0.477 e. The van der Waals surface area contributed by atoms with Gasteiger partial charge in [-0.25, -0.2) is 9.78 Å². The summed E-state index contributed by atoms with van der Waals surface area (Å²) in [6.45, 7) is 0. The number of terminal acetylenes is 1. The van der Waals surface area contributed by atoms with Crippen LogP contribution in [0.2, 0.25) is 0 Å². The number of aromatic carboxylic acids is 1. The van der Waals surface area contributed by atoms with Gasteiger partial charge in [0.2, 0.25) is 5.91 Å². The van der Waals surface area contributed by atoms with Crippen LogP contribution in [0, 0.1) is 12.3 Å². The Morgan fingerprint density at radius 2 is 2.33 bits per heavy atom. The van der Waals surface area contributed by atoms with Gasteiger partial charge in [-0.05, 0) is 12.1 Å². The molecule has 1 aromatic heterocycles. The monoisotopic (exact) mass is 204 g/mol. The summed E-state index contributed by atoms with van der Waals surface area (Å²) in [4.78, 5) is 25.2. The first-order chi connectivity index (χ1) is 7.13. The van der Waals surface area contributed by atoms with E-state index in [0.29, 0.717) is 5.69 Å². The van der Waals surface area contributed by atoms with E-state index in [0.717, 1.165) is 0 Å². The number of nitrogens with one attached hydrogen (secondary N) is 1. The molecule has 5 nitrogen and oxygen atoms in total. The molecule has 0 fully saturated rings. The fourth-order valence-electron chi connectivity index (χ4n) is 0.923. The standard InChI is InChI=1S/C10H8N2O3/c1-2-3-9(13)12-7-4-5-11-8(6-7)10(14)15/h1,4-6H,3H2,(H,14,15)(H,11,12,13). The van der Waals surface area contributed by atoms with Gasteiger partial charge in [0.25, 0.3) is 0 Å². The summed E-state index contributed by atoms with van der Waals surface area (Å²) >= 11 is 0. The van der Waals surface area contributed by atoms with E-state index in [1.165, 1.54) is 18.3 Å². The molecule has 76 valence electrons. The highest BCUT2D eigenvalue weighted by atomic mass is 16.4. The number of aromatic nitrogens is 1. The fourth-order valence-corrected chi connectivity index (χ4v) is 0.923. The highest BCUT2D eigenvalue weighted by Crippen LogP contribution is 2.08. The van der Waals surface area contributed by atoms with Crippen molar-refractivity contribution in [1.29, 1.82) is 0 Å². The Morgan fingerprint density at radius 3 is 2.93 bits per heavy atom. The Morgan fingerprint density at radius 1 is 1.60 bits per heavy atom. The molecule has 0 unspecified atom stereocenters. The maximum Gasteiger partial charge on any atom is 0.354 e. The van der Waals surface area contributed by atoms with Crippen molar-refractivity contribution in [2.24, 2.45) is 0 Å². The zero-order chi connectivity index (χ0) is 11.3. The highest BCUT2D eigenvalue weighted by Gasteiger charge is 2.06. The second kappa shape index (κ2) is 4.77. The van der Waals surface area contributed by atoms with E-state index in [4.69, 9.17) is 11.5 Å². The number of carboxylic acid groups (broad SMARTS) is 1. The third-order valence-electron chi connectivity index (χ3n) is 1.53. The SMILES string of the molecule is C#CCC(=O)Nc1ccnc(C(=O)O)c1. The summed E-state index contributed by atoms with van der Waals surface area (Å²) in [5.74, 6) is 0.670. The fraction of sp³-hybridized carbons (Fsp3) is 0.100. The second-order valence-electron chi connectivity index (χ2n) is 2.66. The molecule has 0 radical (unpaired) electrons. The number of anilines is 1. The van der Waals surface area contributed by atoms with Gasteiger partial charge in [-0.1, -0.05) is 5.92 Å². The predicted octanol–water partition coefficient (Wildman–Crippen LogP) is 0.742. The van der Waals surface area contributed by atoms with Crippen molar-refractivity contribution in [3.05, 3.63) is 24.0 Å². The summed E-state index contributed by atoms with van der Waals surface area (Å²) in [5, 5.41) is 11.1. The van der Waals surface area contributed by atoms with E-state index in [9.17, 15) is 9.59 Å². The number of pyridine rings is 1. The third kappa shape index (κ3) is 3.12. The average Bonchev–Trinajstić information content (AvgIpc) is 2.18. The van der Waals surface area contributed by atoms with Gasteiger partial charge in [-0.3, -0.25) is 4.79 Å². The molecule has 0 aliphatic rings. The van der Waals surface area contributed by atoms with Gasteiger partial charge in [0.1, 0.15) is 5.69 Å². The molecule has 2 N–H and O–H groups in total. The molecule has 0 bridgehead atoms. The van der Waals surface area contributed by atoms with E-state index in [-0.39, 0.29) is 18.0 Å². The molecule has 1 rings (SSSR count). The molecule has 0 spiro atoms. The van der Waals surface area contributed by atoms with Crippen molar-refractivity contribution in [2.75, 3.05) is 5.32 Å². The van der Waals surface area contributed by atoms with Crippen LogP contribution < -0.4 is 5.32 Å². The van der Waals surface area contributed by atoms with Crippen LogP contribution in [0.1, 0.15) is 16.9 Å². The number of carbonyl (C=O) groups is 2. The zero-order valence-corrected chi connectivity index (χ0v) is 7.73. The van der Waals surface area contributed by atoms with Gasteiger partial charge in [0.05, 0.1) is 6.42 Å². The molecule has 15 heavy (non-hydrogen) atoms. The quantitative estimate of drug-likeness (QED) is 0.712. The van der Waals surface area contributed by atoms with Crippen LogP contribution in [0.3, 0.4) is 0 Å². The molecular weight excluding hydrogens is 196 g/mol. The van der Waals surface area contributed by atoms with Crippen LogP contribution in [0.25, 0.3) is 0 Å². The summed E-state index contributed by atoms with van der Waals surface area (Å²) in [6, 6.07) is 2.75. The van der Waals surface area contributed by atoms with Crippen LogP contribution in [0.4, 0.5) is 5.69 Å². The molecule has 0 saturated carbocycles. The van der Waals surface area contributed by atoms with Gasteiger partial charge >= 0.3 is 5.97 Å². The lowest BCUT2D eigenvalue weighted by atomic mass is 10.3. The van der Waals surface area contributed by atoms with Crippen molar-refractivity contribution < 1.29 is 14.7 Å². The molecule has 1 heterocycles. The van der Waals surface area contributed by atoms with E-state index >= 15 is 0 Å². The maximum absolute atomic E-state index is 11.1. The lowest BCUT2D eigenvalue weighted by Crippen LogP contribution is -2.11. The van der Waals surface area contributed by atoms with E-state index < -0.39 is 5.97 Å². The summed E-state index contributed by atoms with van der Waals surface area (Å²) in [6.07, 6.45) is 6.19. The van der Waals surface area contributed by atoms with Crippen LogP contribution in [0.15, 0.2) is 18.3 Å². The molecule has 1 amide bonds. The lowest BCUT2D eigenvalue weighted by Gasteiger charge is -2.02. The van der Waals surface area contributed by atoms with Crippen molar-refractivity contribution >= 4 is 17.6 Å². The minimum atomic E-state index is -1.15.